The molecule has 0 unspecified atom stereocenters. The summed E-state index contributed by atoms with van der Waals surface area (Å²) in [6.45, 7) is 2.27. The largest absolute Gasteiger partial charge is 0.192 e. The Kier molecular flexibility index (Phi) is 8.08. The number of nitriles is 1. The van der Waals surface area contributed by atoms with Crippen LogP contribution in [0, 0.1) is 11.3 Å². The van der Waals surface area contributed by atoms with Crippen LogP contribution in [0.15, 0.2) is 72.8 Å². The van der Waals surface area contributed by atoms with Crippen LogP contribution in [0.2, 0.25) is 0 Å². The van der Waals surface area contributed by atoms with Gasteiger partial charge in [-0.1, -0.05) is 106 Å². The van der Waals surface area contributed by atoms with Crippen molar-refractivity contribution < 1.29 is 0 Å². The first-order valence-electron chi connectivity index (χ1n) is 11.0. The molecular weight excluding hydrogens is 350 g/mol. The molecule has 0 saturated carbocycles. The molecule has 0 aliphatic rings. The Morgan fingerprint density at radius 3 is 1.69 bits per heavy atom. The molecule has 3 rings (SSSR count). The Morgan fingerprint density at radius 2 is 1.14 bits per heavy atom. The van der Waals surface area contributed by atoms with Gasteiger partial charge >= 0.3 is 0 Å². The Morgan fingerprint density at radius 1 is 0.621 bits per heavy atom. The lowest BCUT2D eigenvalue weighted by atomic mass is 9.93. The smallest absolute Gasteiger partial charge is 0.0991 e. The third-order valence-corrected chi connectivity index (χ3v) is 5.59. The van der Waals surface area contributed by atoms with Crippen molar-refractivity contribution in [1.29, 1.82) is 5.26 Å². The van der Waals surface area contributed by atoms with Crippen molar-refractivity contribution in [3.8, 4) is 28.3 Å². The van der Waals surface area contributed by atoms with Gasteiger partial charge in [-0.25, -0.2) is 0 Å². The van der Waals surface area contributed by atoms with Gasteiger partial charge < -0.3 is 0 Å². The summed E-state index contributed by atoms with van der Waals surface area (Å²) in [4.78, 5) is 0. The number of hydrogen-bond acceptors (Lipinski definition) is 1. The summed E-state index contributed by atoms with van der Waals surface area (Å²) >= 11 is 0. The highest BCUT2D eigenvalue weighted by atomic mass is 14.2. The molecule has 0 aliphatic heterocycles. The molecule has 3 aromatic rings. The highest BCUT2D eigenvalue weighted by molar-refractivity contribution is 5.83. The average molecular weight is 382 g/mol. The number of hydrogen-bond donors (Lipinski definition) is 0. The third-order valence-electron chi connectivity index (χ3n) is 5.59. The number of unbranched alkanes of at least 4 members (excludes halogenated alkanes) is 6. The summed E-state index contributed by atoms with van der Waals surface area (Å²) in [6.07, 6.45) is 10.6. The van der Waals surface area contributed by atoms with E-state index in [0.717, 1.165) is 5.56 Å². The molecule has 0 saturated heterocycles. The quantitative estimate of drug-likeness (QED) is 0.325. The number of benzene rings is 3. The minimum Gasteiger partial charge on any atom is -0.192 e. The van der Waals surface area contributed by atoms with Gasteiger partial charge in [-0.3, -0.25) is 0 Å². The first-order chi connectivity index (χ1) is 14.3. The Balaban J connectivity index is 1.63. The fourth-order valence-corrected chi connectivity index (χ4v) is 3.85. The van der Waals surface area contributed by atoms with Crippen LogP contribution in [0.3, 0.4) is 0 Å². The molecule has 0 amide bonds. The number of rotatable bonds is 10. The van der Waals surface area contributed by atoms with E-state index in [1.165, 1.54) is 73.6 Å². The molecule has 0 bridgehead atoms. The molecule has 0 aromatic heterocycles. The van der Waals surface area contributed by atoms with Gasteiger partial charge in [-0.05, 0) is 52.8 Å². The average Bonchev–Trinajstić information content (AvgIpc) is 2.79. The van der Waals surface area contributed by atoms with Gasteiger partial charge in [0.1, 0.15) is 0 Å². The summed E-state index contributed by atoms with van der Waals surface area (Å²) in [5.74, 6) is 0. The highest BCUT2D eigenvalue weighted by Crippen LogP contribution is 2.32. The van der Waals surface area contributed by atoms with Crippen molar-refractivity contribution >= 4 is 0 Å². The fraction of sp³-hybridized carbons (Fsp3) is 0.321. The third kappa shape index (κ3) is 6.06. The maximum atomic E-state index is 9.03. The van der Waals surface area contributed by atoms with Crippen LogP contribution in [0.25, 0.3) is 22.3 Å². The Labute approximate surface area is 176 Å². The molecule has 0 N–H and O–H groups in total. The molecule has 0 aliphatic carbocycles. The molecule has 0 atom stereocenters. The van der Waals surface area contributed by atoms with Crippen LogP contribution in [-0.4, -0.2) is 0 Å². The fourth-order valence-electron chi connectivity index (χ4n) is 3.85. The lowest BCUT2D eigenvalue weighted by molar-refractivity contribution is 0.589. The summed E-state index contributed by atoms with van der Waals surface area (Å²) in [5.41, 5.74) is 6.95. The molecule has 29 heavy (non-hydrogen) atoms. The predicted octanol–water partition coefficient (Wildman–Crippen LogP) is 8.19. The zero-order valence-electron chi connectivity index (χ0n) is 17.5. The molecule has 0 spiro atoms. The Bertz CT molecular complexity index is 914. The monoisotopic (exact) mass is 381 g/mol. The second-order valence-electron chi connectivity index (χ2n) is 7.80. The lowest BCUT2D eigenvalue weighted by Gasteiger charge is -2.11. The SMILES string of the molecule is CCCCCCCCCc1ccc(-c2ccccc2-c2ccc(C#N)cc2)cc1. The van der Waals surface area contributed by atoms with E-state index in [1.54, 1.807) is 0 Å². The van der Waals surface area contributed by atoms with Gasteiger partial charge in [0, 0.05) is 0 Å². The maximum absolute atomic E-state index is 9.03. The van der Waals surface area contributed by atoms with E-state index < -0.39 is 0 Å². The van der Waals surface area contributed by atoms with Crippen molar-refractivity contribution in [3.05, 3.63) is 83.9 Å². The van der Waals surface area contributed by atoms with Crippen molar-refractivity contribution in [1.82, 2.24) is 0 Å². The maximum Gasteiger partial charge on any atom is 0.0991 e. The molecule has 0 radical (unpaired) electrons. The zero-order chi connectivity index (χ0) is 20.3. The van der Waals surface area contributed by atoms with Gasteiger partial charge in [0.05, 0.1) is 11.6 Å². The molecule has 1 heteroatoms. The summed E-state index contributed by atoms with van der Waals surface area (Å²) in [5, 5.41) is 9.03. The van der Waals surface area contributed by atoms with E-state index in [0.29, 0.717) is 5.56 Å². The van der Waals surface area contributed by atoms with Crippen LogP contribution >= 0.6 is 0 Å². The van der Waals surface area contributed by atoms with E-state index >= 15 is 0 Å². The Hall–Kier alpha value is -2.85. The zero-order valence-corrected chi connectivity index (χ0v) is 17.5. The van der Waals surface area contributed by atoms with E-state index in [4.69, 9.17) is 5.26 Å². The first kappa shape index (κ1) is 20.9. The standard InChI is InChI=1S/C28H31N/c1-2-3-4-5-6-7-8-11-23-14-18-25(19-15-23)27-12-9-10-13-28(27)26-20-16-24(22-29)17-21-26/h9-10,12-21H,2-8,11H2,1H3. The van der Waals surface area contributed by atoms with E-state index in [9.17, 15) is 0 Å². The summed E-state index contributed by atoms with van der Waals surface area (Å²) in [7, 11) is 0. The predicted molar refractivity (Wildman–Crippen MR) is 124 cm³/mol. The topological polar surface area (TPSA) is 23.8 Å². The van der Waals surface area contributed by atoms with Crippen molar-refractivity contribution in [3.63, 3.8) is 0 Å². The summed E-state index contributed by atoms with van der Waals surface area (Å²) in [6, 6.07) is 27.6. The first-order valence-corrected chi connectivity index (χ1v) is 11.0. The summed E-state index contributed by atoms with van der Waals surface area (Å²) < 4.78 is 0. The number of nitrogens with zero attached hydrogens (tertiary/aromatic N) is 1. The van der Waals surface area contributed by atoms with Crippen molar-refractivity contribution in [2.75, 3.05) is 0 Å². The highest BCUT2D eigenvalue weighted by Gasteiger charge is 2.07. The van der Waals surface area contributed by atoms with Gasteiger partial charge in [-0.2, -0.15) is 5.26 Å². The van der Waals surface area contributed by atoms with E-state index in [-0.39, 0.29) is 0 Å². The molecule has 1 nitrogen and oxygen atoms in total. The van der Waals surface area contributed by atoms with Crippen LogP contribution in [-0.2, 0) is 6.42 Å². The van der Waals surface area contributed by atoms with Crippen LogP contribution in [0.4, 0.5) is 0 Å². The van der Waals surface area contributed by atoms with E-state index in [2.05, 4.69) is 61.5 Å². The second kappa shape index (κ2) is 11.2. The minimum absolute atomic E-state index is 0.695. The van der Waals surface area contributed by atoms with Gasteiger partial charge in [0.25, 0.3) is 0 Å². The van der Waals surface area contributed by atoms with Crippen LogP contribution in [0.1, 0.15) is 63.0 Å². The molecular formula is C28H31N. The number of aryl methyl sites for hydroxylation is 1. The van der Waals surface area contributed by atoms with Crippen LogP contribution < -0.4 is 0 Å². The van der Waals surface area contributed by atoms with Crippen molar-refractivity contribution in [2.24, 2.45) is 0 Å². The molecule has 0 fully saturated rings. The molecule has 148 valence electrons. The molecule has 3 aromatic carbocycles. The molecule has 0 heterocycles. The van der Waals surface area contributed by atoms with Crippen molar-refractivity contribution in [2.45, 2.75) is 58.3 Å². The van der Waals surface area contributed by atoms with Crippen LogP contribution in [0.5, 0.6) is 0 Å². The lowest BCUT2D eigenvalue weighted by Crippen LogP contribution is -1.89. The minimum atomic E-state index is 0.695. The van der Waals surface area contributed by atoms with Gasteiger partial charge in [-0.15, -0.1) is 0 Å². The van der Waals surface area contributed by atoms with Gasteiger partial charge in [0.2, 0.25) is 0 Å². The van der Waals surface area contributed by atoms with Gasteiger partial charge in [0.15, 0.2) is 0 Å². The normalized spacial score (nSPS) is 10.6. The van der Waals surface area contributed by atoms with E-state index in [1.807, 2.05) is 24.3 Å². The second-order valence-corrected chi connectivity index (χ2v) is 7.80.